The number of hydrogen-bond acceptors (Lipinski definition) is 6. The van der Waals surface area contributed by atoms with Crippen LogP contribution in [0.15, 0.2) is 10.7 Å². The summed E-state index contributed by atoms with van der Waals surface area (Å²) < 4.78 is 5.06. The number of aryl methyl sites for hydroxylation is 1. The van der Waals surface area contributed by atoms with Crippen molar-refractivity contribution in [3.63, 3.8) is 0 Å². The number of likely N-dealkylation sites (tertiary alicyclic amines) is 1. The molecular weight excluding hydrogens is 304 g/mol. The number of aromatic amines is 1. The Morgan fingerprint density at radius 3 is 2.96 bits per heavy atom. The number of nitrogens with one attached hydrogen (secondary N) is 2. The molecule has 7 heteroatoms. The average Bonchev–Trinajstić information content (AvgIpc) is 3.14. The Morgan fingerprint density at radius 2 is 2.25 bits per heavy atom. The summed E-state index contributed by atoms with van der Waals surface area (Å²) in [4.78, 5) is 6.70. The molecule has 1 aliphatic rings. The summed E-state index contributed by atoms with van der Waals surface area (Å²) in [6.45, 7) is 12.2. The molecule has 1 fully saturated rings. The summed E-state index contributed by atoms with van der Waals surface area (Å²) in [7, 11) is 0. The number of rotatable bonds is 5. The first-order chi connectivity index (χ1) is 11.4. The molecule has 24 heavy (non-hydrogen) atoms. The number of aromatic nitrogens is 4. The van der Waals surface area contributed by atoms with Crippen molar-refractivity contribution < 1.29 is 4.52 Å². The van der Waals surface area contributed by atoms with Crippen molar-refractivity contribution in [2.75, 3.05) is 13.1 Å². The molecule has 1 aliphatic heterocycles. The van der Waals surface area contributed by atoms with Gasteiger partial charge in [0, 0.05) is 42.7 Å². The van der Waals surface area contributed by atoms with Crippen molar-refractivity contribution in [1.82, 2.24) is 30.6 Å². The number of piperidine rings is 1. The first kappa shape index (κ1) is 17.1. The van der Waals surface area contributed by atoms with Crippen molar-refractivity contribution in [1.29, 1.82) is 0 Å². The van der Waals surface area contributed by atoms with E-state index in [0.717, 1.165) is 32.0 Å². The number of hydrogen-bond donors (Lipinski definition) is 2. The van der Waals surface area contributed by atoms with Gasteiger partial charge in [-0.15, -0.1) is 0 Å². The zero-order chi connectivity index (χ0) is 17.2. The van der Waals surface area contributed by atoms with Crippen LogP contribution in [-0.2, 0) is 18.5 Å². The molecule has 2 aromatic heterocycles. The van der Waals surface area contributed by atoms with Crippen LogP contribution in [0.5, 0.6) is 0 Å². The highest BCUT2D eigenvalue weighted by molar-refractivity contribution is 5.23. The summed E-state index contributed by atoms with van der Waals surface area (Å²) in [5.74, 6) is 1.41. The van der Waals surface area contributed by atoms with Crippen molar-refractivity contribution in [3.05, 3.63) is 29.2 Å². The molecule has 0 bridgehead atoms. The Kier molecular flexibility index (Phi) is 5.01. The molecule has 1 unspecified atom stereocenters. The highest BCUT2D eigenvalue weighted by atomic mass is 16.5. The van der Waals surface area contributed by atoms with Gasteiger partial charge in [0.25, 0.3) is 0 Å². The fourth-order valence-electron chi connectivity index (χ4n) is 3.32. The van der Waals surface area contributed by atoms with Gasteiger partial charge in [-0.3, -0.25) is 10.00 Å². The predicted octanol–water partition coefficient (Wildman–Crippen LogP) is 2.15. The average molecular weight is 332 g/mol. The second kappa shape index (κ2) is 7.03. The molecule has 2 N–H and O–H groups in total. The van der Waals surface area contributed by atoms with Crippen LogP contribution in [0.25, 0.3) is 0 Å². The molecule has 1 atom stereocenters. The van der Waals surface area contributed by atoms with Gasteiger partial charge in [-0.1, -0.05) is 25.9 Å². The fourth-order valence-corrected chi connectivity index (χ4v) is 3.32. The van der Waals surface area contributed by atoms with E-state index in [4.69, 9.17) is 4.52 Å². The minimum Gasteiger partial charge on any atom is -0.340 e. The number of H-pyrrole nitrogens is 1. The van der Waals surface area contributed by atoms with Crippen LogP contribution >= 0.6 is 0 Å². The van der Waals surface area contributed by atoms with Gasteiger partial charge in [0.05, 0.1) is 12.7 Å². The zero-order valence-corrected chi connectivity index (χ0v) is 15.1. The van der Waals surface area contributed by atoms with E-state index in [9.17, 15) is 0 Å². The lowest BCUT2D eigenvalue weighted by atomic mass is 9.89. The maximum atomic E-state index is 5.06. The zero-order valence-electron chi connectivity index (χ0n) is 15.1. The lowest BCUT2D eigenvalue weighted by Gasteiger charge is -2.32. The summed E-state index contributed by atoms with van der Waals surface area (Å²) in [5.41, 5.74) is 2.56. The van der Waals surface area contributed by atoms with Crippen LogP contribution in [-0.4, -0.2) is 44.4 Å². The minimum absolute atomic E-state index is 0.0859. The third-order valence-corrected chi connectivity index (χ3v) is 4.49. The van der Waals surface area contributed by atoms with E-state index >= 15 is 0 Å². The highest BCUT2D eigenvalue weighted by Crippen LogP contribution is 2.23. The monoisotopic (exact) mass is 332 g/mol. The first-order valence-corrected chi connectivity index (χ1v) is 8.69. The van der Waals surface area contributed by atoms with Crippen LogP contribution in [0.2, 0.25) is 0 Å². The molecule has 0 radical (unpaired) electrons. The SMILES string of the molecule is Cc1nc(CN2CCCC(NCc3cn[nH]c3C(C)(C)C)C2)no1. The lowest BCUT2D eigenvalue weighted by molar-refractivity contribution is 0.177. The van der Waals surface area contributed by atoms with Crippen molar-refractivity contribution in [3.8, 4) is 0 Å². The van der Waals surface area contributed by atoms with E-state index in [-0.39, 0.29) is 5.41 Å². The third kappa shape index (κ3) is 4.21. The van der Waals surface area contributed by atoms with Crippen LogP contribution in [0.4, 0.5) is 0 Å². The standard InChI is InChI=1S/C17H28N6O/c1-12-20-15(22-24-12)11-23-7-5-6-14(10-23)18-8-13-9-19-21-16(13)17(2,3)4/h9,14,18H,5-8,10-11H2,1-4H3,(H,19,21). The summed E-state index contributed by atoms with van der Waals surface area (Å²) in [5, 5.41) is 15.1. The molecule has 132 valence electrons. The van der Waals surface area contributed by atoms with Crippen molar-refractivity contribution in [2.24, 2.45) is 0 Å². The molecule has 0 aromatic carbocycles. The third-order valence-electron chi connectivity index (χ3n) is 4.49. The second-order valence-electron chi connectivity index (χ2n) is 7.71. The van der Waals surface area contributed by atoms with Crippen molar-refractivity contribution >= 4 is 0 Å². The first-order valence-electron chi connectivity index (χ1n) is 8.69. The molecule has 3 rings (SSSR count). The van der Waals surface area contributed by atoms with E-state index in [1.807, 2.05) is 13.1 Å². The normalized spacial score (nSPS) is 19.8. The van der Waals surface area contributed by atoms with Gasteiger partial charge in [0.15, 0.2) is 5.82 Å². The second-order valence-corrected chi connectivity index (χ2v) is 7.71. The van der Waals surface area contributed by atoms with Gasteiger partial charge in [0.2, 0.25) is 5.89 Å². The largest absolute Gasteiger partial charge is 0.340 e. The predicted molar refractivity (Wildman–Crippen MR) is 91.5 cm³/mol. The summed E-state index contributed by atoms with van der Waals surface area (Å²) in [6, 6.07) is 0.481. The Labute approximate surface area is 143 Å². The quantitative estimate of drug-likeness (QED) is 0.873. The van der Waals surface area contributed by atoms with Crippen LogP contribution < -0.4 is 5.32 Å². The molecule has 1 saturated heterocycles. The Morgan fingerprint density at radius 1 is 1.42 bits per heavy atom. The van der Waals surface area contributed by atoms with E-state index in [1.54, 1.807) is 0 Å². The summed E-state index contributed by atoms with van der Waals surface area (Å²) >= 11 is 0. The van der Waals surface area contributed by atoms with Gasteiger partial charge in [0.1, 0.15) is 0 Å². The van der Waals surface area contributed by atoms with E-state index in [0.29, 0.717) is 11.9 Å². The van der Waals surface area contributed by atoms with Crippen molar-refractivity contribution in [2.45, 2.75) is 65.1 Å². The Balaban J connectivity index is 1.53. The van der Waals surface area contributed by atoms with Gasteiger partial charge in [-0.2, -0.15) is 10.1 Å². The molecular formula is C17H28N6O. The smallest absolute Gasteiger partial charge is 0.223 e. The molecule has 0 amide bonds. The topological polar surface area (TPSA) is 82.9 Å². The molecule has 0 spiro atoms. The van der Waals surface area contributed by atoms with E-state index < -0.39 is 0 Å². The van der Waals surface area contributed by atoms with Gasteiger partial charge < -0.3 is 9.84 Å². The Bertz CT molecular complexity index is 656. The van der Waals surface area contributed by atoms with Crippen LogP contribution in [0, 0.1) is 6.92 Å². The van der Waals surface area contributed by atoms with Crippen LogP contribution in [0.1, 0.15) is 56.6 Å². The molecule has 2 aromatic rings. The Hall–Kier alpha value is -1.73. The fraction of sp³-hybridized carbons (Fsp3) is 0.706. The van der Waals surface area contributed by atoms with E-state index in [1.165, 1.54) is 24.1 Å². The van der Waals surface area contributed by atoms with Gasteiger partial charge >= 0.3 is 0 Å². The minimum atomic E-state index is 0.0859. The van der Waals surface area contributed by atoms with Gasteiger partial charge in [-0.25, -0.2) is 0 Å². The van der Waals surface area contributed by atoms with Crippen LogP contribution in [0.3, 0.4) is 0 Å². The van der Waals surface area contributed by atoms with Gasteiger partial charge in [-0.05, 0) is 19.4 Å². The maximum absolute atomic E-state index is 5.06. The molecule has 7 nitrogen and oxygen atoms in total. The lowest BCUT2D eigenvalue weighted by Crippen LogP contribution is -2.45. The molecule has 0 saturated carbocycles. The van der Waals surface area contributed by atoms with E-state index in [2.05, 4.69) is 51.3 Å². The summed E-state index contributed by atoms with van der Waals surface area (Å²) in [6.07, 6.45) is 4.33. The highest BCUT2D eigenvalue weighted by Gasteiger charge is 2.23. The molecule has 0 aliphatic carbocycles. The molecule has 3 heterocycles. The number of nitrogens with zero attached hydrogens (tertiary/aromatic N) is 4. The maximum Gasteiger partial charge on any atom is 0.223 e.